The summed E-state index contributed by atoms with van der Waals surface area (Å²) < 4.78 is 5.26. The number of nitrogens with zero attached hydrogens (tertiary/aromatic N) is 1. The van der Waals surface area contributed by atoms with Crippen molar-refractivity contribution < 1.29 is 19.4 Å². The van der Waals surface area contributed by atoms with E-state index in [-0.39, 0.29) is 12.6 Å². The number of aliphatic hydroxyl groups excluding tert-OH is 1. The van der Waals surface area contributed by atoms with Crippen molar-refractivity contribution in [1.29, 1.82) is 0 Å². The van der Waals surface area contributed by atoms with Crippen molar-refractivity contribution in [2.75, 3.05) is 13.1 Å². The number of aliphatic hydroxyl groups is 2. The van der Waals surface area contributed by atoms with Gasteiger partial charge >= 0.3 is 0 Å². The van der Waals surface area contributed by atoms with Gasteiger partial charge in [0.1, 0.15) is 11.9 Å². The first-order valence-electron chi connectivity index (χ1n) is 8.54. The summed E-state index contributed by atoms with van der Waals surface area (Å²) in [6, 6.07) is 12.3. The topological polar surface area (TPSA) is 99.9 Å². The SMILES string of the molecule is NC(=O)[C@](O)(CN1CCC[C@@H]1C[C@H](O)c1ccco1)c1ccccc1. The molecule has 2 aromatic rings. The second-order valence-corrected chi connectivity index (χ2v) is 6.62. The molecule has 2 heterocycles. The molecule has 134 valence electrons. The first-order chi connectivity index (χ1) is 12.0. The molecule has 0 unspecified atom stereocenters. The van der Waals surface area contributed by atoms with Gasteiger partial charge in [-0.1, -0.05) is 30.3 Å². The summed E-state index contributed by atoms with van der Waals surface area (Å²) in [5, 5.41) is 21.3. The van der Waals surface area contributed by atoms with Crippen molar-refractivity contribution in [2.24, 2.45) is 5.73 Å². The minimum absolute atomic E-state index is 0.0506. The fourth-order valence-electron chi connectivity index (χ4n) is 3.54. The number of rotatable bonds is 7. The second kappa shape index (κ2) is 7.39. The van der Waals surface area contributed by atoms with Crippen molar-refractivity contribution in [3.05, 3.63) is 60.1 Å². The Labute approximate surface area is 146 Å². The zero-order chi connectivity index (χ0) is 17.9. The van der Waals surface area contributed by atoms with Crippen molar-refractivity contribution >= 4 is 5.91 Å². The van der Waals surface area contributed by atoms with Crippen LogP contribution in [0.1, 0.15) is 36.7 Å². The van der Waals surface area contributed by atoms with Crippen molar-refractivity contribution in [1.82, 2.24) is 4.90 Å². The number of hydrogen-bond donors (Lipinski definition) is 3. The van der Waals surface area contributed by atoms with Gasteiger partial charge in [-0.05, 0) is 43.5 Å². The van der Waals surface area contributed by atoms with Gasteiger partial charge < -0.3 is 20.4 Å². The molecule has 0 saturated carbocycles. The molecule has 0 spiro atoms. The second-order valence-electron chi connectivity index (χ2n) is 6.62. The van der Waals surface area contributed by atoms with Gasteiger partial charge in [-0.15, -0.1) is 0 Å². The Balaban J connectivity index is 1.74. The molecular formula is C19H24N2O4. The van der Waals surface area contributed by atoms with Gasteiger partial charge in [0, 0.05) is 12.6 Å². The van der Waals surface area contributed by atoms with Crippen LogP contribution in [0.4, 0.5) is 0 Å². The Hall–Kier alpha value is -2.15. The molecule has 3 rings (SSSR count). The van der Waals surface area contributed by atoms with Crippen LogP contribution in [0.5, 0.6) is 0 Å². The minimum atomic E-state index is -1.75. The average molecular weight is 344 g/mol. The van der Waals surface area contributed by atoms with E-state index in [1.807, 2.05) is 11.0 Å². The lowest BCUT2D eigenvalue weighted by Crippen LogP contribution is -2.51. The number of hydrogen-bond acceptors (Lipinski definition) is 5. The molecule has 3 atom stereocenters. The molecule has 0 aliphatic carbocycles. The average Bonchev–Trinajstić information content (AvgIpc) is 3.28. The van der Waals surface area contributed by atoms with E-state index in [0.29, 0.717) is 17.7 Å². The molecule has 1 aromatic heterocycles. The summed E-state index contributed by atoms with van der Waals surface area (Å²) >= 11 is 0. The summed E-state index contributed by atoms with van der Waals surface area (Å²) in [5.41, 5.74) is 4.26. The van der Waals surface area contributed by atoms with E-state index in [4.69, 9.17) is 10.2 Å². The van der Waals surface area contributed by atoms with Gasteiger partial charge in [0.2, 0.25) is 0 Å². The highest BCUT2D eigenvalue weighted by Crippen LogP contribution is 2.31. The highest BCUT2D eigenvalue weighted by molar-refractivity contribution is 5.85. The number of carbonyl (C=O) groups excluding carboxylic acids is 1. The number of furan rings is 1. The molecule has 0 radical (unpaired) electrons. The molecule has 6 heteroatoms. The van der Waals surface area contributed by atoms with Crippen LogP contribution in [-0.2, 0) is 10.4 Å². The highest BCUT2D eigenvalue weighted by atomic mass is 16.4. The Bertz CT molecular complexity index is 689. The van der Waals surface area contributed by atoms with Gasteiger partial charge in [0.25, 0.3) is 5.91 Å². The van der Waals surface area contributed by atoms with E-state index in [9.17, 15) is 15.0 Å². The summed E-state index contributed by atoms with van der Waals surface area (Å²) in [7, 11) is 0. The lowest BCUT2D eigenvalue weighted by molar-refractivity contribution is -0.140. The molecule has 1 aliphatic heterocycles. The van der Waals surface area contributed by atoms with Crippen LogP contribution < -0.4 is 5.73 Å². The molecule has 0 bridgehead atoms. The Kier molecular flexibility index (Phi) is 5.22. The van der Waals surface area contributed by atoms with Crippen LogP contribution in [0.15, 0.2) is 53.1 Å². The molecule has 1 aliphatic rings. The van der Waals surface area contributed by atoms with Crippen LogP contribution in [-0.4, -0.2) is 40.2 Å². The van der Waals surface area contributed by atoms with Gasteiger partial charge in [-0.3, -0.25) is 9.69 Å². The van der Waals surface area contributed by atoms with E-state index in [1.165, 1.54) is 6.26 Å². The highest BCUT2D eigenvalue weighted by Gasteiger charge is 2.41. The first kappa shape index (κ1) is 17.7. The third-order valence-electron chi connectivity index (χ3n) is 4.96. The largest absolute Gasteiger partial charge is 0.467 e. The fourth-order valence-corrected chi connectivity index (χ4v) is 3.54. The van der Waals surface area contributed by atoms with Crippen LogP contribution in [0.25, 0.3) is 0 Å². The van der Waals surface area contributed by atoms with Gasteiger partial charge in [0.15, 0.2) is 5.60 Å². The van der Waals surface area contributed by atoms with Crippen molar-refractivity contribution in [2.45, 2.75) is 37.0 Å². The summed E-state index contributed by atoms with van der Waals surface area (Å²) in [6.07, 6.45) is 3.14. The number of primary amides is 1. The smallest absolute Gasteiger partial charge is 0.255 e. The van der Waals surface area contributed by atoms with Gasteiger partial charge in [0.05, 0.1) is 6.26 Å². The van der Waals surface area contributed by atoms with Crippen LogP contribution in [0, 0.1) is 0 Å². The summed E-state index contributed by atoms with van der Waals surface area (Å²) in [5.74, 6) is -0.240. The number of nitrogens with two attached hydrogens (primary N) is 1. The van der Waals surface area contributed by atoms with Crippen LogP contribution >= 0.6 is 0 Å². The van der Waals surface area contributed by atoms with Crippen LogP contribution in [0.3, 0.4) is 0 Å². The van der Waals surface area contributed by atoms with Gasteiger partial charge in [-0.2, -0.15) is 0 Å². The van der Waals surface area contributed by atoms with E-state index in [0.717, 1.165) is 19.4 Å². The number of benzene rings is 1. The summed E-state index contributed by atoms with van der Waals surface area (Å²) in [4.78, 5) is 14.0. The third kappa shape index (κ3) is 3.76. The molecule has 1 aromatic carbocycles. The number of likely N-dealkylation sites (tertiary alicyclic amines) is 1. The molecule has 25 heavy (non-hydrogen) atoms. The molecule has 6 nitrogen and oxygen atoms in total. The lowest BCUT2D eigenvalue weighted by Gasteiger charge is -2.34. The van der Waals surface area contributed by atoms with E-state index in [2.05, 4.69) is 0 Å². The maximum atomic E-state index is 12.0. The zero-order valence-electron chi connectivity index (χ0n) is 14.0. The van der Waals surface area contributed by atoms with Crippen molar-refractivity contribution in [3.63, 3.8) is 0 Å². The van der Waals surface area contributed by atoms with E-state index < -0.39 is 17.6 Å². The molecule has 4 N–H and O–H groups in total. The standard InChI is InChI=1S/C19H24N2O4/c20-18(23)19(24,14-6-2-1-3-7-14)13-21-10-4-8-15(21)12-16(22)17-9-5-11-25-17/h1-3,5-7,9,11,15-16,22,24H,4,8,10,12-13H2,(H2,20,23)/t15-,16+,19+/m1/s1. The maximum absolute atomic E-state index is 12.0. The minimum Gasteiger partial charge on any atom is -0.467 e. The summed E-state index contributed by atoms with van der Waals surface area (Å²) in [6.45, 7) is 0.861. The molecule has 1 fully saturated rings. The van der Waals surface area contributed by atoms with Crippen LogP contribution in [0.2, 0.25) is 0 Å². The maximum Gasteiger partial charge on any atom is 0.255 e. The fraction of sp³-hybridized carbons (Fsp3) is 0.421. The van der Waals surface area contributed by atoms with Crippen molar-refractivity contribution in [3.8, 4) is 0 Å². The van der Waals surface area contributed by atoms with Gasteiger partial charge in [-0.25, -0.2) is 0 Å². The van der Waals surface area contributed by atoms with E-state index in [1.54, 1.807) is 36.4 Å². The zero-order valence-corrected chi connectivity index (χ0v) is 14.0. The number of carbonyl (C=O) groups is 1. The monoisotopic (exact) mass is 344 g/mol. The predicted octanol–water partition coefficient (Wildman–Crippen LogP) is 1.54. The lowest BCUT2D eigenvalue weighted by atomic mass is 9.91. The predicted molar refractivity (Wildman–Crippen MR) is 92.4 cm³/mol. The Morgan fingerprint density at radius 1 is 1.32 bits per heavy atom. The first-order valence-corrected chi connectivity index (χ1v) is 8.54. The number of amides is 1. The normalized spacial score (nSPS) is 21.8. The van der Waals surface area contributed by atoms with E-state index >= 15 is 0 Å². The molecule has 1 saturated heterocycles. The number of β-amino-alcohol motifs (C(OH)–C–C–N with tert-alkyl or cyclic N) is 1. The third-order valence-corrected chi connectivity index (χ3v) is 4.96. The Morgan fingerprint density at radius 2 is 2.08 bits per heavy atom. The quantitative estimate of drug-likeness (QED) is 0.707. The molecular weight excluding hydrogens is 320 g/mol. The molecule has 1 amide bonds. The Morgan fingerprint density at radius 3 is 2.72 bits per heavy atom.